The zero-order chi connectivity index (χ0) is 23.3. The van der Waals surface area contributed by atoms with Crippen LogP contribution in [0.3, 0.4) is 0 Å². The number of aryl methyl sites for hydroxylation is 1. The number of hydrogen-bond acceptors (Lipinski definition) is 7. The van der Waals surface area contributed by atoms with Gasteiger partial charge < -0.3 is 14.5 Å². The minimum absolute atomic E-state index is 0.0434. The Hall–Kier alpha value is -3.55. The van der Waals surface area contributed by atoms with Gasteiger partial charge in [-0.15, -0.1) is 0 Å². The smallest absolute Gasteiger partial charge is 0.272 e. The molecular formula is C26H30N6O2. The molecule has 8 nitrogen and oxygen atoms in total. The van der Waals surface area contributed by atoms with Crippen LogP contribution in [-0.2, 0) is 0 Å². The van der Waals surface area contributed by atoms with E-state index in [1.807, 2.05) is 42.2 Å². The van der Waals surface area contributed by atoms with E-state index < -0.39 is 0 Å². The summed E-state index contributed by atoms with van der Waals surface area (Å²) in [7, 11) is 0. The lowest BCUT2D eigenvalue weighted by atomic mass is 9.95. The van der Waals surface area contributed by atoms with Gasteiger partial charge in [-0.2, -0.15) is 0 Å². The van der Waals surface area contributed by atoms with Crippen LogP contribution in [0.15, 0.2) is 48.8 Å². The summed E-state index contributed by atoms with van der Waals surface area (Å²) >= 11 is 0. The first-order valence-corrected chi connectivity index (χ1v) is 12.1. The Morgan fingerprint density at radius 1 is 0.971 bits per heavy atom. The first-order valence-electron chi connectivity index (χ1n) is 12.1. The molecule has 1 aromatic carbocycles. The van der Waals surface area contributed by atoms with Crippen molar-refractivity contribution in [3.8, 4) is 11.6 Å². The van der Waals surface area contributed by atoms with E-state index in [1.54, 1.807) is 18.5 Å². The Bertz CT molecular complexity index is 1130. The monoisotopic (exact) mass is 458 g/mol. The van der Waals surface area contributed by atoms with Gasteiger partial charge in [0.1, 0.15) is 11.4 Å². The molecule has 2 aliphatic heterocycles. The summed E-state index contributed by atoms with van der Waals surface area (Å²) in [5.41, 5.74) is 2.14. The maximum atomic E-state index is 13.4. The number of para-hydroxylation sites is 1. The SMILES string of the molecule is Cc1cc(C(=O)N2CCCC(c3cncc(Oc4ccccc4)n3)C2)nc(N2CCCCC2)n1. The highest BCUT2D eigenvalue weighted by Gasteiger charge is 2.28. The highest BCUT2D eigenvalue weighted by atomic mass is 16.5. The predicted octanol–water partition coefficient (Wildman–Crippen LogP) is 4.38. The van der Waals surface area contributed by atoms with Gasteiger partial charge in [0.25, 0.3) is 5.91 Å². The average Bonchev–Trinajstić information content (AvgIpc) is 2.89. The largest absolute Gasteiger partial charge is 0.437 e. The summed E-state index contributed by atoms with van der Waals surface area (Å²) in [4.78, 5) is 35.8. The zero-order valence-electron chi connectivity index (χ0n) is 19.6. The molecule has 5 rings (SSSR count). The molecule has 1 atom stereocenters. The van der Waals surface area contributed by atoms with Crippen molar-refractivity contribution in [2.45, 2.75) is 44.9 Å². The second-order valence-electron chi connectivity index (χ2n) is 9.03. The fourth-order valence-corrected chi connectivity index (χ4v) is 4.68. The number of carbonyl (C=O) groups is 1. The van der Waals surface area contributed by atoms with Crippen LogP contribution >= 0.6 is 0 Å². The van der Waals surface area contributed by atoms with E-state index in [0.29, 0.717) is 30.6 Å². The van der Waals surface area contributed by atoms with E-state index in [-0.39, 0.29) is 11.8 Å². The minimum Gasteiger partial charge on any atom is -0.437 e. The molecule has 2 fully saturated rings. The van der Waals surface area contributed by atoms with E-state index >= 15 is 0 Å². The van der Waals surface area contributed by atoms with Crippen molar-refractivity contribution >= 4 is 11.9 Å². The molecule has 34 heavy (non-hydrogen) atoms. The summed E-state index contributed by atoms with van der Waals surface area (Å²) in [5, 5.41) is 0. The Kier molecular flexibility index (Phi) is 6.65. The second-order valence-corrected chi connectivity index (χ2v) is 9.03. The molecule has 0 bridgehead atoms. The first-order chi connectivity index (χ1) is 16.7. The van der Waals surface area contributed by atoms with Crippen molar-refractivity contribution in [2.75, 3.05) is 31.1 Å². The summed E-state index contributed by atoms with van der Waals surface area (Å²) in [6.07, 6.45) is 8.78. The molecule has 4 heterocycles. The molecule has 3 aromatic rings. The van der Waals surface area contributed by atoms with Gasteiger partial charge in [0.15, 0.2) is 0 Å². The highest BCUT2D eigenvalue weighted by Crippen LogP contribution is 2.28. The van der Waals surface area contributed by atoms with Crippen LogP contribution in [0, 0.1) is 6.92 Å². The van der Waals surface area contributed by atoms with Crippen LogP contribution in [0.4, 0.5) is 5.95 Å². The van der Waals surface area contributed by atoms with Gasteiger partial charge in [-0.3, -0.25) is 9.78 Å². The topological polar surface area (TPSA) is 84.3 Å². The Morgan fingerprint density at radius 2 is 1.79 bits per heavy atom. The van der Waals surface area contributed by atoms with Crippen LogP contribution in [0.5, 0.6) is 11.6 Å². The summed E-state index contributed by atoms with van der Waals surface area (Å²) in [6, 6.07) is 11.4. The summed E-state index contributed by atoms with van der Waals surface area (Å²) in [6.45, 7) is 5.13. The first kappa shape index (κ1) is 22.3. The van der Waals surface area contributed by atoms with Gasteiger partial charge in [-0.1, -0.05) is 18.2 Å². The van der Waals surface area contributed by atoms with Crippen LogP contribution in [0.1, 0.15) is 59.9 Å². The van der Waals surface area contributed by atoms with Gasteiger partial charge in [0.05, 0.1) is 11.9 Å². The van der Waals surface area contributed by atoms with E-state index in [2.05, 4.69) is 19.9 Å². The third kappa shape index (κ3) is 5.16. The number of hydrogen-bond donors (Lipinski definition) is 0. The van der Waals surface area contributed by atoms with E-state index in [0.717, 1.165) is 55.9 Å². The van der Waals surface area contributed by atoms with Gasteiger partial charge in [-0.25, -0.2) is 15.0 Å². The third-order valence-electron chi connectivity index (χ3n) is 6.42. The normalized spacial score (nSPS) is 18.6. The van der Waals surface area contributed by atoms with Crippen molar-refractivity contribution in [3.63, 3.8) is 0 Å². The van der Waals surface area contributed by atoms with E-state index in [9.17, 15) is 4.79 Å². The molecule has 1 amide bonds. The third-order valence-corrected chi connectivity index (χ3v) is 6.42. The molecule has 0 aliphatic carbocycles. The Balaban J connectivity index is 1.30. The zero-order valence-corrected chi connectivity index (χ0v) is 19.6. The fraction of sp³-hybridized carbons (Fsp3) is 0.423. The highest BCUT2D eigenvalue weighted by molar-refractivity contribution is 5.92. The van der Waals surface area contributed by atoms with Crippen molar-refractivity contribution in [3.05, 3.63) is 65.9 Å². The van der Waals surface area contributed by atoms with E-state index in [1.165, 1.54) is 6.42 Å². The number of aromatic nitrogens is 4. The molecule has 8 heteroatoms. The molecule has 0 radical (unpaired) electrons. The molecule has 2 saturated heterocycles. The average molecular weight is 459 g/mol. The number of rotatable bonds is 5. The lowest BCUT2D eigenvalue weighted by Crippen LogP contribution is -2.40. The van der Waals surface area contributed by atoms with Crippen molar-refractivity contribution in [1.29, 1.82) is 0 Å². The van der Waals surface area contributed by atoms with Gasteiger partial charge in [0, 0.05) is 44.0 Å². The molecule has 0 saturated carbocycles. The fourth-order valence-electron chi connectivity index (χ4n) is 4.68. The van der Waals surface area contributed by atoms with Crippen LogP contribution in [0.2, 0.25) is 0 Å². The van der Waals surface area contributed by atoms with Gasteiger partial charge in [0.2, 0.25) is 11.8 Å². The van der Waals surface area contributed by atoms with Gasteiger partial charge in [-0.05, 0) is 57.2 Å². The van der Waals surface area contributed by atoms with Crippen LogP contribution < -0.4 is 9.64 Å². The number of anilines is 1. The number of benzene rings is 1. The molecule has 0 N–H and O–H groups in total. The maximum Gasteiger partial charge on any atom is 0.272 e. The Labute approximate surface area is 200 Å². The number of carbonyl (C=O) groups excluding carboxylic acids is 1. The quantitative estimate of drug-likeness (QED) is 0.561. The van der Waals surface area contributed by atoms with Gasteiger partial charge >= 0.3 is 0 Å². The second kappa shape index (κ2) is 10.2. The number of nitrogens with zero attached hydrogens (tertiary/aromatic N) is 6. The van der Waals surface area contributed by atoms with Crippen molar-refractivity contribution < 1.29 is 9.53 Å². The predicted molar refractivity (Wildman–Crippen MR) is 129 cm³/mol. The van der Waals surface area contributed by atoms with Crippen LogP contribution in [0.25, 0.3) is 0 Å². The number of ether oxygens (including phenoxy) is 1. The molecular weight excluding hydrogens is 428 g/mol. The maximum absolute atomic E-state index is 13.4. The summed E-state index contributed by atoms with van der Waals surface area (Å²) in [5.74, 6) is 1.92. The summed E-state index contributed by atoms with van der Waals surface area (Å²) < 4.78 is 5.86. The Morgan fingerprint density at radius 3 is 2.62 bits per heavy atom. The molecule has 1 unspecified atom stereocenters. The lowest BCUT2D eigenvalue weighted by molar-refractivity contribution is 0.0699. The standard InChI is InChI=1S/C26H30N6O2/c1-19-15-22(30-26(28-19)31-12-6-3-7-13-31)25(33)32-14-8-9-20(18-32)23-16-27-17-24(29-23)34-21-10-4-2-5-11-21/h2,4-5,10-11,15-17,20H,3,6-9,12-14,18H2,1H3. The number of likely N-dealkylation sites (tertiary alicyclic amines) is 1. The molecule has 176 valence electrons. The van der Waals surface area contributed by atoms with Crippen molar-refractivity contribution in [1.82, 2.24) is 24.8 Å². The number of piperidine rings is 2. The van der Waals surface area contributed by atoms with E-state index in [4.69, 9.17) is 9.72 Å². The minimum atomic E-state index is -0.0434. The lowest BCUT2D eigenvalue weighted by Gasteiger charge is -2.32. The number of amides is 1. The van der Waals surface area contributed by atoms with Crippen LogP contribution in [-0.4, -0.2) is 56.9 Å². The molecule has 2 aromatic heterocycles. The van der Waals surface area contributed by atoms with Crippen molar-refractivity contribution in [2.24, 2.45) is 0 Å². The molecule has 2 aliphatic rings. The molecule has 0 spiro atoms.